The summed E-state index contributed by atoms with van der Waals surface area (Å²) in [6.45, 7) is 0.210. The number of nitrogens with zero attached hydrogens (tertiary/aromatic N) is 1. The van der Waals surface area contributed by atoms with Crippen LogP contribution in [0.2, 0.25) is 0 Å². The number of ether oxygens (including phenoxy) is 1. The molecular formula is C16H21NO4. The van der Waals surface area contributed by atoms with Crippen LogP contribution in [0.3, 0.4) is 0 Å². The zero-order valence-corrected chi connectivity index (χ0v) is 12.2. The molecule has 21 heavy (non-hydrogen) atoms. The van der Waals surface area contributed by atoms with E-state index in [0.29, 0.717) is 18.7 Å². The number of carbonyl (C=O) groups is 2. The van der Waals surface area contributed by atoms with Gasteiger partial charge in [0.2, 0.25) is 5.91 Å². The molecule has 1 aliphatic carbocycles. The SMILES string of the molecule is CN(Cc1ccc(OCC(=O)O)cc1)C(=O)CCC1CC1. The summed E-state index contributed by atoms with van der Waals surface area (Å²) in [5.41, 5.74) is 1.000. The highest BCUT2D eigenvalue weighted by molar-refractivity contribution is 5.75. The van der Waals surface area contributed by atoms with Crippen molar-refractivity contribution in [1.82, 2.24) is 4.90 Å². The standard InChI is InChI=1S/C16H21NO4/c1-17(15(18)9-6-12-2-3-12)10-13-4-7-14(8-5-13)21-11-16(19)20/h4-5,7-8,12H,2-3,6,9-11H2,1H3,(H,19,20). The van der Waals surface area contributed by atoms with E-state index in [1.807, 2.05) is 19.2 Å². The van der Waals surface area contributed by atoms with Gasteiger partial charge in [-0.25, -0.2) is 4.79 Å². The third-order valence-electron chi connectivity index (χ3n) is 3.59. The summed E-state index contributed by atoms with van der Waals surface area (Å²) >= 11 is 0. The monoisotopic (exact) mass is 291 g/mol. The minimum absolute atomic E-state index is 0.174. The molecule has 0 radical (unpaired) electrons. The lowest BCUT2D eigenvalue weighted by molar-refractivity contribution is -0.139. The second kappa shape index (κ2) is 7.11. The van der Waals surface area contributed by atoms with Gasteiger partial charge in [-0.05, 0) is 30.0 Å². The van der Waals surface area contributed by atoms with Crippen molar-refractivity contribution < 1.29 is 19.4 Å². The molecule has 1 aliphatic rings. The van der Waals surface area contributed by atoms with Crippen molar-refractivity contribution in [2.45, 2.75) is 32.2 Å². The first-order valence-electron chi connectivity index (χ1n) is 7.22. The maximum Gasteiger partial charge on any atom is 0.341 e. The highest BCUT2D eigenvalue weighted by Gasteiger charge is 2.22. The van der Waals surface area contributed by atoms with Crippen molar-refractivity contribution in [3.63, 3.8) is 0 Å². The summed E-state index contributed by atoms with van der Waals surface area (Å²) in [5.74, 6) is 0.463. The van der Waals surface area contributed by atoms with Crippen LogP contribution in [0.1, 0.15) is 31.2 Å². The average molecular weight is 291 g/mol. The summed E-state index contributed by atoms with van der Waals surface area (Å²) in [5, 5.41) is 8.53. The highest BCUT2D eigenvalue weighted by Crippen LogP contribution is 2.33. The molecule has 0 heterocycles. The third kappa shape index (κ3) is 5.45. The van der Waals surface area contributed by atoms with Crippen LogP contribution in [0.5, 0.6) is 5.75 Å². The molecule has 0 atom stereocenters. The van der Waals surface area contributed by atoms with Crippen molar-refractivity contribution in [1.29, 1.82) is 0 Å². The summed E-state index contributed by atoms with van der Waals surface area (Å²) in [6, 6.07) is 7.14. The van der Waals surface area contributed by atoms with Gasteiger partial charge in [-0.3, -0.25) is 4.79 Å². The molecule has 1 amide bonds. The Balaban J connectivity index is 1.78. The average Bonchev–Trinajstić information content (AvgIpc) is 3.28. The molecule has 0 unspecified atom stereocenters. The van der Waals surface area contributed by atoms with Gasteiger partial charge >= 0.3 is 5.97 Å². The fourth-order valence-electron chi connectivity index (χ4n) is 2.12. The molecule has 0 bridgehead atoms. The van der Waals surface area contributed by atoms with Gasteiger partial charge in [-0.2, -0.15) is 0 Å². The van der Waals surface area contributed by atoms with Crippen molar-refractivity contribution in [3.05, 3.63) is 29.8 Å². The third-order valence-corrected chi connectivity index (χ3v) is 3.59. The first-order valence-corrected chi connectivity index (χ1v) is 7.22. The van der Waals surface area contributed by atoms with Crippen LogP contribution in [-0.2, 0) is 16.1 Å². The molecule has 0 aliphatic heterocycles. The maximum absolute atomic E-state index is 12.0. The molecule has 1 fully saturated rings. The number of aliphatic carboxylic acids is 1. The molecule has 1 aromatic carbocycles. The zero-order chi connectivity index (χ0) is 15.2. The quantitative estimate of drug-likeness (QED) is 0.798. The predicted octanol–water partition coefficient (Wildman–Crippen LogP) is 2.30. The van der Waals surface area contributed by atoms with Gasteiger partial charge in [0.15, 0.2) is 6.61 Å². The topological polar surface area (TPSA) is 66.8 Å². The number of carboxylic acids is 1. The number of amides is 1. The molecule has 5 nitrogen and oxygen atoms in total. The molecule has 0 aromatic heterocycles. The fraction of sp³-hybridized carbons (Fsp3) is 0.500. The van der Waals surface area contributed by atoms with E-state index in [-0.39, 0.29) is 12.5 Å². The zero-order valence-electron chi connectivity index (χ0n) is 12.2. The van der Waals surface area contributed by atoms with Crippen molar-refractivity contribution in [2.75, 3.05) is 13.7 Å². The van der Waals surface area contributed by atoms with Crippen molar-refractivity contribution in [2.24, 2.45) is 5.92 Å². The fourth-order valence-corrected chi connectivity index (χ4v) is 2.12. The molecule has 0 spiro atoms. The highest BCUT2D eigenvalue weighted by atomic mass is 16.5. The smallest absolute Gasteiger partial charge is 0.341 e. The Morgan fingerprint density at radius 2 is 1.95 bits per heavy atom. The van der Waals surface area contributed by atoms with Crippen LogP contribution in [0.25, 0.3) is 0 Å². The van der Waals surface area contributed by atoms with Gasteiger partial charge in [0.25, 0.3) is 0 Å². The lowest BCUT2D eigenvalue weighted by Gasteiger charge is -2.17. The minimum atomic E-state index is -1.000. The molecule has 114 valence electrons. The van der Waals surface area contributed by atoms with E-state index in [1.54, 1.807) is 17.0 Å². The van der Waals surface area contributed by atoms with Gasteiger partial charge in [0, 0.05) is 20.0 Å². The van der Waals surface area contributed by atoms with E-state index >= 15 is 0 Å². The molecule has 1 aromatic rings. The Morgan fingerprint density at radius 1 is 1.29 bits per heavy atom. The predicted molar refractivity (Wildman–Crippen MR) is 78.0 cm³/mol. The Kier molecular flexibility index (Phi) is 5.20. The van der Waals surface area contributed by atoms with E-state index in [1.165, 1.54) is 12.8 Å². The van der Waals surface area contributed by atoms with Crippen molar-refractivity contribution in [3.8, 4) is 5.75 Å². The number of carbonyl (C=O) groups excluding carboxylic acids is 1. The minimum Gasteiger partial charge on any atom is -0.482 e. The van der Waals surface area contributed by atoms with E-state index in [4.69, 9.17) is 9.84 Å². The second-order valence-corrected chi connectivity index (χ2v) is 5.56. The summed E-state index contributed by atoms with van der Waals surface area (Å²) in [6.07, 6.45) is 4.18. The first kappa shape index (κ1) is 15.4. The van der Waals surface area contributed by atoms with Crippen LogP contribution in [0.15, 0.2) is 24.3 Å². The van der Waals surface area contributed by atoms with E-state index < -0.39 is 5.97 Å². The van der Waals surface area contributed by atoms with Crippen LogP contribution in [-0.4, -0.2) is 35.5 Å². The molecule has 2 rings (SSSR count). The summed E-state index contributed by atoms with van der Waals surface area (Å²) in [7, 11) is 1.81. The molecule has 0 saturated heterocycles. The number of hydrogen-bond acceptors (Lipinski definition) is 3. The number of carboxylic acid groups (broad SMARTS) is 1. The van der Waals surface area contributed by atoms with Crippen LogP contribution >= 0.6 is 0 Å². The van der Waals surface area contributed by atoms with Gasteiger partial charge in [-0.1, -0.05) is 25.0 Å². The van der Waals surface area contributed by atoms with E-state index in [0.717, 1.165) is 17.9 Å². The Labute approximate surface area is 124 Å². The summed E-state index contributed by atoms with van der Waals surface area (Å²) < 4.78 is 5.07. The second-order valence-electron chi connectivity index (χ2n) is 5.56. The van der Waals surface area contributed by atoms with E-state index in [2.05, 4.69) is 0 Å². The number of rotatable bonds is 8. The molecular weight excluding hydrogens is 270 g/mol. The largest absolute Gasteiger partial charge is 0.482 e. The number of benzene rings is 1. The van der Waals surface area contributed by atoms with Gasteiger partial charge in [0.1, 0.15) is 5.75 Å². The number of hydrogen-bond donors (Lipinski definition) is 1. The lowest BCUT2D eigenvalue weighted by Crippen LogP contribution is -2.25. The van der Waals surface area contributed by atoms with Crippen LogP contribution in [0.4, 0.5) is 0 Å². The van der Waals surface area contributed by atoms with Gasteiger partial charge < -0.3 is 14.7 Å². The normalized spacial score (nSPS) is 13.8. The Bertz CT molecular complexity index is 494. The van der Waals surface area contributed by atoms with Crippen molar-refractivity contribution >= 4 is 11.9 Å². The molecule has 5 heteroatoms. The first-order chi connectivity index (χ1) is 10.0. The molecule has 1 N–H and O–H groups in total. The van der Waals surface area contributed by atoms with Crippen LogP contribution in [0, 0.1) is 5.92 Å². The molecule has 1 saturated carbocycles. The maximum atomic E-state index is 12.0. The Morgan fingerprint density at radius 3 is 2.52 bits per heavy atom. The van der Waals surface area contributed by atoms with Gasteiger partial charge in [-0.15, -0.1) is 0 Å². The summed E-state index contributed by atoms with van der Waals surface area (Å²) in [4.78, 5) is 24.1. The Hall–Kier alpha value is -2.04. The lowest BCUT2D eigenvalue weighted by atomic mass is 10.1. The van der Waals surface area contributed by atoms with Crippen LogP contribution < -0.4 is 4.74 Å². The van der Waals surface area contributed by atoms with E-state index in [9.17, 15) is 9.59 Å². The van der Waals surface area contributed by atoms with Gasteiger partial charge in [0.05, 0.1) is 0 Å².